The smallest absolute Gasteiger partial charge is 0.186 e. The molecule has 1 saturated heterocycles. The van der Waals surface area contributed by atoms with Gasteiger partial charge in [0.1, 0.15) is 0 Å². The molecular formula is C11H14N6. The Morgan fingerprint density at radius 1 is 1.18 bits per heavy atom. The zero-order valence-corrected chi connectivity index (χ0v) is 9.43. The Kier molecular flexibility index (Phi) is 2.56. The monoisotopic (exact) mass is 230 g/mol. The summed E-state index contributed by atoms with van der Waals surface area (Å²) in [6.45, 7) is 1.90. The van der Waals surface area contributed by atoms with Crippen molar-refractivity contribution >= 4 is 0 Å². The summed E-state index contributed by atoms with van der Waals surface area (Å²) in [6.07, 6.45) is 3.71. The maximum absolute atomic E-state index is 4.48. The normalized spacial score (nSPS) is 19.1. The summed E-state index contributed by atoms with van der Waals surface area (Å²) in [5, 5.41) is 17.9. The molecule has 1 aliphatic heterocycles. The highest BCUT2D eigenvalue weighted by molar-refractivity contribution is 5.27. The molecule has 17 heavy (non-hydrogen) atoms. The lowest BCUT2D eigenvalue weighted by Crippen LogP contribution is -2.42. The fraction of sp³-hybridized carbons (Fsp3) is 0.455. The second kappa shape index (κ2) is 4.21. The Balaban J connectivity index is 2.08. The van der Waals surface area contributed by atoms with Gasteiger partial charge in [0, 0.05) is 6.20 Å². The summed E-state index contributed by atoms with van der Waals surface area (Å²) in [5.74, 6) is 0.748. The van der Waals surface area contributed by atoms with Crippen molar-refractivity contribution in [2.75, 3.05) is 13.1 Å². The number of tetrazole rings is 1. The number of rotatable bonds is 2. The fourth-order valence-electron chi connectivity index (χ4n) is 2.46. The summed E-state index contributed by atoms with van der Waals surface area (Å²) in [4.78, 5) is 4.48. The van der Waals surface area contributed by atoms with Gasteiger partial charge in [-0.15, -0.1) is 10.2 Å². The molecule has 0 aromatic carbocycles. The van der Waals surface area contributed by atoms with Crippen molar-refractivity contribution in [3.8, 4) is 0 Å². The second-order valence-electron chi connectivity index (χ2n) is 4.28. The van der Waals surface area contributed by atoms with Crippen molar-refractivity contribution in [2.45, 2.75) is 18.3 Å². The molecule has 88 valence electrons. The Labute approximate surface area is 98.9 Å². The molecule has 0 atom stereocenters. The number of nitrogens with zero attached hydrogens (tertiary/aromatic N) is 4. The molecule has 0 amide bonds. The first-order valence-corrected chi connectivity index (χ1v) is 5.78. The number of nitrogens with one attached hydrogen (secondary N) is 2. The third kappa shape index (κ3) is 1.70. The summed E-state index contributed by atoms with van der Waals surface area (Å²) < 4.78 is 0. The molecule has 2 aromatic heterocycles. The lowest BCUT2D eigenvalue weighted by molar-refractivity contribution is 0.338. The minimum absolute atomic E-state index is 0.195. The van der Waals surface area contributed by atoms with Crippen LogP contribution in [0.2, 0.25) is 0 Å². The molecule has 2 aromatic rings. The van der Waals surface area contributed by atoms with Gasteiger partial charge in [0.05, 0.1) is 11.1 Å². The van der Waals surface area contributed by atoms with Gasteiger partial charge in [-0.1, -0.05) is 11.3 Å². The Bertz CT molecular complexity index is 460. The van der Waals surface area contributed by atoms with E-state index in [1.165, 1.54) is 0 Å². The van der Waals surface area contributed by atoms with Gasteiger partial charge >= 0.3 is 0 Å². The number of hydrogen-bond donors (Lipinski definition) is 2. The molecule has 0 spiro atoms. The molecule has 0 radical (unpaired) electrons. The van der Waals surface area contributed by atoms with E-state index in [9.17, 15) is 0 Å². The van der Waals surface area contributed by atoms with E-state index in [0.717, 1.165) is 37.4 Å². The van der Waals surface area contributed by atoms with Crippen molar-refractivity contribution in [1.29, 1.82) is 0 Å². The van der Waals surface area contributed by atoms with Crippen LogP contribution in [-0.4, -0.2) is 38.7 Å². The van der Waals surface area contributed by atoms with E-state index >= 15 is 0 Å². The minimum atomic E-state index is -0.195. The molecule has 3 heterocycles. The number of hydrogen-bond acceptors (Lipinski definition) is 5. The standard InChI is InChI=1S/C11H14N6/c1-2-6-13-9(3-1)11(4-7-12-8-5-11)10-14-16-17-15-10/h1-3,6,12H,4-5,7-8H2,(H,14,15,16,17). The van der Waals surface area contributed by atoms with Gasteiger partial charge in [-0.05, 0) is 38.1 Å². The van der Waals surface area contributed by atoms with Crippen molar-refractivity contribution < 1.29 is 0 Å². The first-order chi connectivity index (χ1) is 8.42. The molecule has 2 N–H and O–H groups in total. The maximum atomic E-state index is 4.48. The van der Waals surface area contributed by atoms with Crippen LogP contribution in [0.1, 0.15) is 24.4 Å². The largest absolute Gasteiger partial charge is 0.317 e. The van der Waals surface area contributed by atoms with Gasteiger partial charge in [-0.25, -0.2) is 0 Å². The first-order valence-electron chi connectivity index (χ1n) is 5.78. The zero-order chi connectivity index (χ0) is 11.6. The van der Waals surface area contributed by atoms with Crippen LogP contribution in [0.25, 0.3) is 0 Å². The molecule has 6 nitrogen and oxygen atoms in total. The molecule has 0 bridgehead atoms. The lowest BCUT2D eigenvalue weighted by Gasteiger charge is -2.34. The number of H-pyrrole nitrogens is 1. The highest BCUT2D eigenvalue weighted by Crippen LogP contribution is 2.36. The van der Waals surface area contributed by atoms with Gasteiger partial charge in [-0.3, -0.25) is 4.98 Å². The molecule has 6 heteroatoms. The number of pyridine rings is 1. The second-order valence-corrected chi connectivity index (χ2v) is 4.28. The quantitative estimate of drug-likeness (QED) is 0.774. The lowest BCUT2D eigenvalue weighted by atomic mass is 9.75. The van der Waals surface area contributed by atoms with Crippen LogP contribution in [-0.2, 0) is 5.41 Å². The molecule has 1 fully saturated rings. The van der Waals surface area contributed by atoms with E-state index in [2.05, 4.69) is 30.9 Å². The molecule has 3 rings (SSSR count). The van der Waals surface area contributed by atoms with E-state index in [4.69, 9.17) is 0 Å². The SMILES string of the molecule is c1ccc(C2(c3nn[nH]n3)CCNCC2)nc1. The predicted molar refractivity (Wildman–Crippen MR) is 61.3 cm³/mol. The predicted octanol–water partition coefficient (Wildman–Crippen LogP) is 0.264. The molecular weight excluding hydrogens is 216 g/mol. The van der Waals surface area contributed by atoms with Crippen LogP contribution in [0.15, 0.2) is 24.4 Å². The van der Waals surface area contributed by atoms with Gasteiger partial charge in [0.15, 0.2) is 5.82 Å². The number of piperidine rings is 1. The highest BCUT2D eigenvalue weighted by Gasteiger charge is 2.40. The summed E-state index contributed by atoms with van der Waals surface area (Å²) in [7, 11) is 0. The number of aromatic amines is 1. The Morgan fingerprint density at radius 2 is 2.06 bits per heavy atom. The molecule has 1 aliphatic rings. The average molecular weight is 230 g/mol. The fourth-order valence-corrected chi connectivity index (χ4v) is 2.46. The van der Waals surface area contributed by atoms with E-state index in [0.29, 0.717) is 0 Å². The van der Waals surface area contributed by atoms with Crippen LogP contribution < -0.4 is 5.32 Å². The Morgan fingerprint density at radius 3 is 2.71 bits per heavy atom. The van der Waals surface area contributed by atoms with Gasteiger partial charge in [0.2, 0.25) is 0 Å². The number of aromatic nitrogens is 5. The third-order valence-corrected chi connectivity index (χ3v) is 3.39. The van der Waals surface area contributed by atoms with Gasteiger partial charge in [-0.2, -0.15) is 5.21 Å². The molecule has 0 aliphatic carbocycles. The van der Waals surface area contributed by atoms with Crippen molar-refractivity contribution in [3.05, 3.63) is 35.9 Å². The maximum Gasteiger partial charge on any atom is 0.186 e. The summed E-state index contributed by atoms with van der Waals surface area (Å²) in [5.41, 5.74) is 0.836. The van der Waals surface area contributed by atoms with E-state index < -0.39 is 0 Å². The van der Waals surface area contributed by atoms with E-state index in [1.807, 2.05) is 24.4 Å². The van der Waals surface area contributed by atoms with Crippen LogP contribution in [0.5, 0.6) is 0 Å². The van der Waals surface area contributed by atoms with Crippen molar-refractivity contribution in [2.24, 2.45) is 0 Å². The van der Waals surface area contributed by atoms with E-state index in [1.54, 1.807) is 0 Å². The Hall–Kier alpha value is -1.82. The van der Waals surface area contributed by atoms with Crippen LogP contribution >= 0.6 is 0 Å². The topological polar surface area (TPSA) is 79.4 Å². The van der Waals surface area contributed by atoms with Crippen molar-refractivity contribution in [1.82, 2.24) is 30.9 Å². The first kappa shape index (κ1) is 10.3. The van der Waals surface area contributed by atoms with Crippen LogP contribution in [0.3, 0.4) is 0 Å². The highest BCUT2D eigenvalue weighted by atomic mass is 15.5. The average Bonchev–Trinajstić information content (AvgIpc) is 2.95. The van der Waals surface area contributed by atoms with Crippen LogP contribution in [0, 0.1) is 0 Å². The third-order valence-electron chi connectivity index (χ3n) is 3.39. The van der Waals surface area contributed by atoms with Crippen LogP contribution in [0.4, 0.5) is 0 Å². The van der Waals surface area contributed by atoms with Gasteiger partial charge in [0.25, 0.3) is 0 Å². The van der Waals surface area contributed by atoms with Crippen molar-refractivity contribution in [3.63, 3.8) is 0 Å². The summed E-state index contributed by atoms with van der Waals surface area (Å²) >= 11 is 0. The summed E-state index contributed by atoms with van der Waals surface area (Å²) in [6, 6.07) is 5.97. The minimum Gasteiger partial charge on any atom is -0.317 e. The zero-order valence-electron chi connectivity index (χ0n) is 9.43. The van der Waals surface area contributed by atoms with E-state index in [-0.39, 0.29) is 5.41 Å². The molecule has 0 saturated carbocycles. The molecule has 0 unspecified atom stereocenters. The van der Waals surface area contributed by atoms with Gasteiger partial charge < -0.3 is 5.32 Å².